The van der Waals surface area contributed by atoms with Crippen LogP contribution in [0.4, 0.5) is 11.4 Å². The van der Waals surface area contributed by atoms with Crippen LogP contribution in [0.2, 0.25) is 0 Å². The maximum atomic E-state index is 4.95. The molecular weight excluding hydrogens is 947 g/mol. The zero-order chi connectivity index (χ0) is 42.6. The van der Waals surface area contributed by atoms with Crippen molar-refractivity contribution in [1.29, 1.82) is 0 Å². The summed E-state index contributed by atoms with van der Waals surface area (Å²) in [4.78, 5) is 13.2. The van der Waals surface area contributed by atoms with Gasteiger partial charge in [-0.3, -0.25) is 0 Å². The normalized spacial score (nSPS) is 15.6. The summed E-state index contributed by atoms with van der Waals surface area (Å²) in [7, 11) is 6.08. The zero-order valence-electron chi connectivity index (χ0n) is 36.7. The van der Waals surface area contributed by atoms with Crippen molar-refractivity contribution < 1.29 is 19.8 Å². The molecule has 0 spiro atoms. The summed E-state index contributed by atoms with van der Waals surface area (Å²) in [6.07, 6.45) is 15.4. The summed E-state index contributed by atoms with van der Waals surface area (Å²) in [5, 5.41) is 0. The zero-order valence-corrected chi connectivity index (χ0v) is 39.2. The van der Waals surface area contributed by atoms with E-state index in [1.807, 2.05) is 106 Å². The predicted molar refractivity (Wildman–Crippen MR) is 256 cm³/mol. The molecule has 0 amide bonds. The SMILES string of the molecule is CN1C=CN(c2[c-]c(N3C=CN(C)[CH-]3)cc(-c3ccc(-c4ccccc4)cc3)c2)[CH-]1.Cn1cc[c-]c1-c1cc(-c2ccc(C3CCC(C)(C)CC3)cc2)cc(-c2[c-]cccc2)n1.[Os+5]. The molecule has 63 heavy (non-hydrogen) atoms. The molecule has 0 atom stereocenters. The molecule has 7 heteroatoms. The van der Waals surface area contributed by atoms with Crippen LogP contribution in [-0.4, -0.2) is 33.4 Å². The molecule has 7 aromatic rings. The Morgan fingerprint density at radius 1 is 0.571 bits per heavy atom. The van der Waals surface area contributed by atoms with Gasteiger partial charge in [-0.05, 0) is 128 Å². The van der Waals surface area contributed by atoms with Crippen molar-refractivity contribution in [1.82, 2.24) is 19.4 Å². The number of anilines is 2. The van der Waals surface area contributed by atoms with Gasteiger partial charge in [-0.2, -0.15) is 25.5 Å². The second-order valence-corrected chi connectivity index (χ2v) is 17.4. The molecule has 1 aliphatic carbocycles. The van der Waals surface area contributed by atoms with Gasteiger partial charge in [0.2, 0.25) is 0 Å². The first kappa shape index (κ1) is 43.5. The Bertz CT molecular complexity index is 2610. The van der Waals surface area contributed by atoms with E-state index in [4.69, 9.17) is 4.98 Å². The van der Waals surface area contributed by atoms with Crippen LogP contribution in [0.3, 0.4) is 0 Å². The van der Waals surface area contributed by atoms with Crippen LogP contribution in [0.15, 0.2) is 164 Å². The van der Waals surface area contributed by atoms with Gasteiger partial charge >= 0.3 is 19.8 Å². The fraction of sp³-hybridized carbons (Fsp3) is 0.196. The summed E-state index contributed by atoms with van der Waals surface area (Å²) >= 11 is 0. The van der Waals surface area contributed by atoms with Crippen molar-refractivity contribution in [3.8, 4) is 56.0 Å². The number of nitrogens with zero attached hydrogens (tertiary/aromatic N) is 6. The fourth-order valence-corrected chi connectivity index (χ4v) is 8.50. The Morgan fingerprint density at radius 3 is 1.65 bits per heavy atom. The molecule has 1 fully saturated rings. The van der Waals surface area contributed by atoms with Gasteiger partial charge in [0.1, 0.15) is 0 Å². The molecule has 2 aliphatic heterocycles. The monoisotopic (exact) mass is 1000 g/mol. The van der Waals surface area contributed by atoms with Crippen LogP contribution < -0.4 is 9.80 Å². The summed E-state index contributed by atoms with van der Waals surface area (Å²) in [5.41, 5.74) is 15.0. The van der Waals surface area contributed by atoms with Crippen LogP contribution in [0.25, 0.3) is 56.0 Å². The van der Waals surface area contributed by atoms with E-state index in [2.05, 4.69) is 150 Å². The molecule has 0 unspecified atom stereocenters. The van der Waals surface area contributed by atoms with Crippen LogP contribution in [0, 0.1) is 37.0 Å². The number of aromatic nitrogens is 2. The number of hydrogen-bond donors (Lipinski definition) is 0. The number of hydrogen-bond acceptors (Lipinski definition) is 5. The molecule has 0 N–H and O–H groups in total. The fourth-order valence-electron chi connectivity index (χ4n) is 8.50. The minimum atomic E-state index is 0. The van der Waals surface area contributed by atoms with Crippen LogP contribution >= 0.6 is 0 Å². The van der Waals surface area contributed by atoms with E-state index in [1.54, 1.807) is 0 Å². The Morgan fingerprint density at radius 2 is 1.11 bits per heavy atom. The molecule has 10 rings (SSSR count). The third-order valence-electron chi connectivity index (χ3n) is 12.2. The topological polar surface area (TPSA) is 30.8 Å². The Balaban J connectivity index is 0.000000170. The minimum Gasteiger partial charge on any atom is -0.510 e. The molecule has 4 heterocycles. The summed E-state index contributed by atoms with van der Waals surface area (Å²) < 4.78 is 2.07. The number of benzene rings is 5. The second-order valence-electron chi connectivity index (χ2n) is 17.4. The predicted octanol–water partition coefficient (Wildman–Crippen LogP) is 13.2. The maximum Gasteiger partial charge on any atom is 5.00 e. The van der Waals surface area contributed by atoms with E-state index in [1.165, 1.54) is 59.1 Å². The first-order valence-electron chi connectivity index (χ1n) is 21.6. The molecule has 5 aromatic carbocycles. The first-order chi connectivity index (χ1) is 30.1. The van der Waals surface area contributed by atoms with E-state index in [0.29, 0.717) is 11.3 Å². The Kier molecular flexibility index (Phi) is 13.2. The van der Waals surface area contributed by atoms with Gasteiger partial charge in [0.05, 0.1) is 0 Å². The van der Waals surface area contributed by atoms with E-state index in [-0.39, 0.29) is 19.8 Å². The molecular formula is C56H53N6Os. The average Bonchev–Trinajstić information content (AvgIpc) is 4.08. The van der Waals surface area contributed by atoms with Gasteiger partial charge in [-0.25, -0.2) is 0 Å². The van der Waals surface area contributed by atoms with Crippen molar-refractivity contribution in [2.24, 2.45) is 12.5 Å². The van der Waals surface area contributed by atoms with Gasteiger partial charge in [-0.1, -0.05) is 117 Å². The van der Waals surface area contributed by atoms with Gasteiger partial charge < -0.3 is 29.2 Å². The van der Waals surface area contributed by atoms with E-state index >= 15 is 0 Å². The molecule has 1 saturated carbocycles. The maximum absolute atomic E-state index is 4.95. The number of rotatable bonds is 8. The summed E-state index contributed by atoms with van der Waals surface area (Å²) in [6, 6.07) is 57.4. The van der Waals surface area contributed by atoms with Crippen LogP contribution in [-0.2, 0) is 26.8 Å². The van der Waals surface area contributed by atoms with Gasteiger partial charge in [-0.15, -0.1) is 71.0 Å². The molecule has 2 aromatic heterocycles. The minimum absolute atomic E-state index is 0. The van der Waals surface area contributed by atoms with Crippen LogP contribution in [0.1, 0.15) is 51.0 Å². The third kappa shape index (κ3) is 10.2. The standard InChI is InChI=1S/C30H30N2.C26H23N4.Os/c1-30(2)17-15-24(16-18-30)22-11-13-23(14-12-22)26-20-27(25-8-5-4-6-9-25)31-28(21-26)29-10-7-19-32(29)3;1-27-12-14-29(19-27)25-16-24(17-26(18-25)30-15-13-28(2)20-30)23-10-8-22(9-11-23)21-6-4-3-5-7-21;/h4-8,11-14,19-21,24H,15-18H2,1-3H3;3-17,19-20H,1-2H3;/q-2;-3;+5. The molecule has 3 aliphatic rings. The molecule has 6 nitrogen and oxygen atoms in total. The van der Waals surface area contributed by atoms with E-state index in [0.717, 1.165) is 39.6 Å². The van der Waals surface area contributed by atoms with Gasteiger partial charge in [0.25, 0.3) is 0 Å². The molecule has 1 radical (unpaired) electrons. The van der Waals surface area contributed by atoms with Gasteiger partial charge in [0, 0.05) is 0 Å². The van der Waals surface area contributed by atoms with Crippen molar-refractivity contribution in [2.75, 3.05) is 23.9 Å². The average molecular weight is 1000 g/mol. The smallest absolute Gasteiger partial charge is 0.510 e. The molecule has 0 saturated heterocycles. The van der Waals surface area contributed by atoms with Crippen LogP contribution in [0.5, 0.6) is 0 Å². The van der Waals surface area contributed by atoms with Crippen molar-refractivity contribution in [2.45, 2.75) is 45.4 Å². The summed E-state index contributed by atoms with van der Waals surface area (Å²) in [5.74, 6) is 0.692. The largest absolute Gasteiger partial charge is 5.00 e. The number of pyridine rings is 1. The molecule has 315 valence electrons. The van der Waals surface area contributed by atoms with Crippen molar-refractivity contribution in [3.05, 3.63) is 202 Å². The van der Waals surface area contributed by atoms with E-state index in [9.17, 15) is 0 Å². The Labute approximate surface area is 387 Å². The van der Waals surface area contributed by atoms with Gasteiger partial charge in [0.15, 0.2) is 0 Å². The van der Waals surface area contributed by atoms with E-state index < -0.39 is 0 Å². The molecule has 0 bridgehead atoms. The quantitative estimate of drug-likeness (QED) is 0.142. The third-order valence-corrected chi connectivity index (χ3v) is 12.2. The number of aryl methyl sites for hydroxylation is 1. The second kappa shape index (κ2) is 19.1. The van der Waals surface area contributed by atoms with Crippen molar-refractivity contribution >= 4 is 11.4 Å². The Hall–Kier alpha value is -6.15. The first-order valence-corrected chi connectivity index (χ1v) is 21.6. The van der Waals surface area contributed by atoms with Crippen molar-refractivity contribution in [3.63, 3.8) is 0 Å². The summed E-state index contributed by atoms with van der Waals surface area (Å²) in [6.45, 7) is 8.90.